The molecule has 34 heavy (non-hydrogen) atoms. The average molecular weight is 456 g/mol. The number of carbonyl (C=O) groups is 1. The van der Waals surface area contributed by atoms with E-state index in [0.29, 0.717) is 29.7 Å². The number of methoxy groups -OCH3 is 1. The van der Waals surface area contributed by atoms with Crippen molar-refractivity contribution in [3.8, 4) is 11.5 Å². The van der Waals surface area contributed by atoms with Crippen LogP contribution in [0, 0.1) is 0 Å². The summed E-state index contributed by atoms with van der Waals surface area (Å²) >= 11 is 0. The highest BCUT2D eigenvalue weighted by Gasteiger charge is 2.37. The Morgan fingerprint density at radius 3 is 2.38 bits per heavy atom. The van der Waals surface area contributed by atoms with Gasteiger partial charge in [0.25, 0.3) is 0 Å². The first-order valence-electron chi connectivity index (χ1n) is 11.5. The second-order valence-corrected chi connectivity index (χ2v) is 9.05. The molecule has 6 heteroatoms. The first kappa shape index (κ1) is 21.9. The molecule has 3 N–H and O–H groups in total. The van der Waals surface area contributed by atoms with E-state index in [9.17, 15) is 9.90 Å². The molecule has 174 valence electrons. The number of anilines is 3. The monoisotopic (exact) mass is 455 g/mol. The van der Waals surface area contributed by atoms with Crippen molar-refractivity contribution in [1.82, 2.24) is 0 Å². The molecule has 2 unspecified atom stereocenters. The topological polar surface area (TPSA) is 73.8 Å². The lowest BCUT2D eigenvalue weighted by Gasteiger charge is -2.30. The summed E-state index contributed by atoms with van der Waals surface area (Å²) in [4.78, 5) is 15.7. The van der Waals surface area contributed by atoms with E-state index < -0.39 is 6.04 Å². The summed E-state index contributed by atoms with van der Waals surface area (Å²) in [5.74, 6) is 0.583. The number of rotatable bonds is 4. The van der Waals surface area contributed by atoms with Crippen molar-refractivity contribution >= 4 is 22.8 Å². The number of para-hydroxylation sites is 3. The smallest absolute Gasteiger partial charge is 0.163 e. The summed E-state index contributed by atoms with van der Waals surface area (Å²) in [7, 11) is 5.56. The van der Waals surface area contributed by atoms with Gasteiger partial charge in [-0.05, 0) is 48.2 Å². The van der Waals surface area contributed by atoms with Crippen LogP contribution in [0.5, 0.6) is 11.5 Å². The highest BCUT2D eigenvalue weighted by atomic mass is 16.5. The maximum atomic E-state index is 13.7. The highest BCUT2D eigenvalue weighted by Crippen LogP contribution is 2.47. The molecule has 0 bridgehead atoms. The van der Waals surface area contributed by atoms with Crippen LogP contribution < -0.4 is 20.3 Å². The molecule has 0 fully saturated rings. The van der Waals surface area contributed by atoms with Gasteiger partial charge in [0.05, 0.1) is 24.5 Å². The summed E-state index contributed by atoms with van der Waals surface area (Å²) in [6.45, 7) is 0. The molecular weight excluding hydrogens is 426 g/mol. The lowest BCUT2D eigenvalue weighted by molar-refractivity contribution is -0.116. The number of aromatic hydroxyl groups is 1. The van der Waals surface area contributed by atoms with Gasteiger partial charge in [0.15, 0.2) is 17.3 Å². The van der Waals surface area contributed by atoms with Crippen LogP contribution in [0.1, 0.15) is 35.9 Å². The van der Waals surface area contributed by atoms with Crippen LogP contribution in [-0.4, -0.2) is 32.1 Å². The molecule has 2 atom stereocenters. The minimum absolute atomic E-state index is 0.0444. The van der Waals surface area contributed by atoms with Crippen molar-refractivity contribution in [2.45, 2.75) is 24.8 Å². The average Bonchev–Trinajstić information content (AvgIpc) is 3.01. The van der Waals surface area contributed by atoms with E-state index in [1.807, 2.05) is 50.5 Å². The van der Waals surface area contributed by atoms with Gasteiger partial charge in [-0.3, -0.25) is 4.79 Å². The number of carbonyl (C=O) groups excluding carboxylic acids is 1. The molecule has 6 nitrogen and oxygen atoms in total. The summed E-state index contributed by atoms with van der Waals surface area (Å²) in [6.07, 6.45) is 1.13. The zero-order valence-electron chi connectivity index (χ0n) is 19.6. The molecular formula is C28H29N3O3. The van der Waals surface area contributed by atoms with Crippen LogP contribution in [0.3, 0.4) is 0 Å². The van der Waals surface area contributed by atoms with Crippen LogP contribution in [0.15, 0.2) is 78.0 Å². The number of allylic oxidation sites excluding steroid dienone is 1. The molecule has 0 spiro atoms. The maximum absolute atomic E-state index is 13.7. The number of benzene rings is 3. The maximum Gasteiger partial charge on any atom is 0.163 e. The summed E-state index contributed by atoms with van der Waals surface area (Å²) in [5.41, 5.74) is 6.25. The summed E-state index contributed by atoms with van der Waals surface area (Å²) in [6, 6.07) is 21.2. The molecule has 0 amide bonds. The van der Waals surface area contributed by atoms with Crippen molar-refractivity contribution in [3.63, 3.8) is 0 Å². The van der Waals surface area contributed by atoms with E-state index in [1.54, 1.807) is 6.07 Å². The largest absolute Gasteiger partial charge is 0.504 e. The summed E-state index contributed by atoms with van der Waals surface area (Å²) in [5, 5.41) is 18.0. The highest BCUT2D eigenvalue weighted by molar-refractivity contribution is 6.01. The normalized spacial score (nSPS) is 19.3. The Bertz CT molecular complexity index is 1260. The number of hydrogen-bond acceptors (Lipinski definition) is 6. The standard InChI is InChI=1S/C28H29N3O3/c1-31(2)19-13-11-17(12-14-19)18-15-23-26(24(32)16-18)27(20-7-6-10-25(34-3)28(20)33)30-22-9-5-4-8-21(22)29-23/h4-14,18,27,29-30,33H,15-16H2,1-3H3. The number of hydrogen-bond donors (Lipinski definition) is 3. The minimum atomic E-state index is -0.495. The lowest BCUT2D eigenvalue weighted by Crippen LogP contribution is -2.27. The van der Waals surface area contributed by atoms with Gasteiger partial charge in [-0.2, -0.15) is 0 Å². The van der Waals surface area contributed by atoms with Gasteiger partial charge in [-0.15, -0.1) is 0 Å². The van der Waals surface area contributed by atoms with E-state index in [0.717, 1.165) is 28.3 Å². The number of phenolic OH excluding ortho intramolecular Hbond substituents is 1. The predicted molar refractivity (Wildman–Crippen MR) is 136 cm³/mol. The number of Topliss-reactive ketones (excluding diaryl/α,β-unsaturated/α-hetero) is 1. The number of phenols is 1. The SMILES string of the molecule is COc1cccc(C2Nc3ccccc3NC3=C2C(=O)CC(c2ccc(N(C)C)cc2)C3)c1O. The third-order valence-electron chi connectivity index (χ3n) is 6.75. The molecule has 0 saturated heterocycles. The Morgan fingerprint density at radius 1 is 0.941 bits per heavy atom. The third-order valence-corrected chi connectivity index (χ3v) is 6.75. The van der Waals surface area contributed by atoms with Gasteiger partial charge >= 0.3 is 0 Å². The molecule has 3 aromatic carbocycles. The molecule has 0 saturated carbocycles. The molecule has 2 aliphatic rings. The minimum Gasteiger partial charge on any atom is -0.504 e. The fourth-order valence-corrected chi connectivity index (χ4v) is 4.94. The van der Waals surface area contributed by atoms with Crippen molar-refractivity contribution in [2.24, 2.45) is 0 Å². The second kappa shape index (κ2) is 8.78. The van der Waals surface area contributed by atoms with Crippen molar-refractivity contribution in [3.05, 3.63) is 89.1 Å². The van der Waals surface area contributed by atoms with Crippen LogP contribution in [0.2, 0.25) is 0 Å². The van der Waals surface area contributed by atoms with Gasteiger partial charge in [-0.1, -0.05) is 36.4 Å². The van der Waals surface area contributed by atoms with E-state index in [-0.39, 0.29) is 17.5 Å². The Hall–Kier alpha value is -3.93. The van der Waals surface area contributed by atoms with E-state index in [1.165, 1.54) is 7.11 Å². The van der Waals surface area contributed by atoms with Crippen molar-refractivity contribution in [2.75, 3.05) is 36.7 Å². The number of nitrogens with one attached hydrogen (secondary N) is 2. The zero-order chi connectivity index (χ0) is 23.8. The van der Waals surface area contributed by atoms with Gasteiger partial charge in [0.1, 0.15) is 0 Å². The van der Waals surface area contributed by atoms with Gasteiger partial charge in [0, 0.05) is 43.0 Å². The van der Waals surface area contributed by atoms with Gasteiger partial charge < -0.3 is 25.4 Å². The molecule has 5 rings (SSSR count). The van der Waals surface area contributed by atoms with E-state index in [2.05, 4.69) is 39.8 Å². The lowest BCUT2D eigenvalue weighted by atomic mass is 9.78. The third kappa shape index (κ3) is 3.85. The number of nitrogens with zero attached hydrogens (tertiary/aromatic N) is 1. The van der Waals surface area contributed by atoms with Crippen molar-refractivity contribution < 1.29 is 14.6 Å². The molecule has 0 radical (unpaired) electrons. The molecule has 1 aliphatic heterocycles. The molecule has 1 aliphatic carbocycles. The van der Waals surface area contributed by atoms with E-state index >= 15 is 0 Å². The Kier molecular flexibility index (Phi) is 5.65. The number of fused-ring (bicyclic) bond motifs is 1. The Labute approximate surface area is 199 Å². The molecule has 1 heterocycles. The second-order valence-electron chi connectivity index (χ2n) is 9.05. The zero-order valence-corrected chi connectivity index (χ0v) is 19.6. The quantitative estimate of drug-likeness (QED) is 0.486. The van der Waals surface area contributed by atoms with Crippen molar-refractivity contribution in [1.29, 1.82) is 0 Å². The van der Waals surface area contributed by atoms with Gasteiger partial charge in [-0.25, -0.2) is 0 Å². The van der Waals surface area contributed by atoms with E-state index in [4.69, 9.17) is 4.74 Å². The molecule has 3 aromatic rings. The Morgan fingerprint density at radius 2 is 1.68 bits per heavy atom. The molecule has 0 aromatic heterocycles. The van der Waals surface area contributed by atoms with Gasteiger partial charge in [0.2, 0.25) is 0 Å². The van der Waals surface area contributed by atoms with Crippen LogP contribution >= 0.6 is 0 Å². The predicted octanol–water partition coefficient (Wildman–Crippen LogP) is 5.45. The number of ketones is 1. The summed E-state index contributed by atoms with van der Waals surface area (Å²) < 4.78 is 5.34. The fourth-order valence-electron chi connectivity index (χ4n) is 4.94. The van der Waals surface area contributed by atoms with Crippen LogP contribution in [0.4, 0.5) is 17.1 Å². The Balaban J connectivity index is 1.59. The number of ether oxygens (including phenoxy) is 1. The first-order valence-corrected chi connectivity index (χ1v) is 11.5. The fraction of sp³-hybridized carbons (Fsp3) is 0.250. The first-order chi connectivity index (χ1) is 16.5. The van der Waals surface area contributed by atoms with Crippen LogP contribution in [0.25, 0.3) is 0 Å². The van der Waals surface area contributed by atoms with Crippen LogP contribution in [-0.2, 0) is 4.79 Å².